The minimum atomic E-state index is -0.708. The SMILES string of the molecule is COc1ccc(CCN2C(=O)c3cc(O)ccc3C2C(=O)NC(C)(C)C)cc1. The Bertz CT molecular complexity index is 884. The first kappa shape index (κ1) is 19.7. The zero-order valence-electron chi connectivity index (χ0n) is 16.7. The van der Waals surface area contributed by atoms with Gasteiger partial charge in [0.05, 0.1) is 7.11 Å². The van der Waals surface area contributed by atoms with E-state index in [0.29, 0.717) is 24.1 Å². The number of aromatic hydroxyl groups is 1. The number of hydrogen-bond acceptors (Lipinski definition) is 4. The van der Waals surface area contributed by atoms with E-state index < -0.39 is 11.6 Å². The molecule has 0 saturated heterocycles. The van der Waals surface area contributed by atoms with Crippen LogP contribution in [0.1, 0.15) is 48.3 Å². The van der Waals surface area contributed by atoms with Crippen LogP contribution in [-0.4, -0.2) is 41.0 Å². The van der Waals surface area contributed by atoms with Gasteiger partial charge >= 0.3 is 0 Å². The summed E-state index contributed by atoms with van der Waals surface area (Å²) in [5.41, 5.74) is 1.63. The van der Waals surface area contributed by atoms with E-state index in [0.717, 1.165) is 11.3 Å². The highest BCUT2D eigenvalue weighted by Crippen LogP contribution is 2.36. The van der Waals surface area contributed by atoms with E-state index in [1.807, 2.05) is 45.0 Å². The van der Waals surface area contributed by atoms with Crippen LogP contribution < -0.4 is 10.1 Å². The van der Waals surface area contributed by atoms with Crippen LogP contribution >= 0.6 is 0 Å². The number of ether oxygens (including phenoxy) is 1. The maximum Gasteiger partial charge on any atom is 0.255 e. The maximum absolute atomic E-state index is 13.0. The third kappa shape index (κ3) is 4.11. The molecule has 2 aromatic rings. The second-order valence-electron chi connectivity index (χ2n) is 8.01. The first-order valence-corrected chi connectivity index (χ1v) is 9.28. The molecule has 1 unspecified atom stereocenters. The van der Waals surface area contributed by atoms with Gasteiger partial charge < -0.3 is 20.1 Å². The molecule has 6 heteroatoms. The molecule has 2 amide bonds. The molecule has 0 bridgehead atoms. The van der Waals surface area contributed by atoms with Crippen LogP contribution in [0.3, 0.4) is 0 Å². The molecule has 1 aliphatic rings. The number of rotatable bonds is 5. The van der Waals surface area contributed by atoms with Crippen molar-refractivity contribution in [3.63, 3.8) is 0 Å². The Morgan fingerprint density at radius 2 is 1.86 bits per heavy atom. The molecule has 0 saturated carbocycles. The number of hydrogen-bond donors (Lipinski definition) is 2. The van der Waals surface area contributed by atoms with Gasteiger partial charge in [0.2, 0.25) is 5.91 Å². The lowest BCUT2D eigenvalue weighted by Crippen LogP contribution is -2.47. The van der Waals surface area contributed by atoms with Crippen molar-refractivity contribution in [2.45, 2.75) is 38.8 Å². The molecular formula is C22H26N2O4. The average molecular weight is 382 g/mol. The van der Waals surface area contributed by atoms with Gasteiger partial charge in [-0.15, -0.1) is 0 Å². The number of nitrogens with one attached hydrogen (secondary N) is 1. The van der Waals surface area contributed by atoms with Crippen LogP contribution in [0.4, 0.5) is 0 Å². The molecule has 0 aliphatic carbocycles. The number of phenols is 1. The summed E-state index contributed by atoms with van der Waals surface area (Å²) in [4.78, 5) is 27.5. The number of methoxy groups -OCH3 is 1. The Morgan fingerprint density at radius 3 is 2.46 bits per heavy atom. The van der Waals surface area contributed by atoms with E-state index in [1.54, 1.807) is 18.1 Å². The third-order valence-electron chi connectivity index (χ3n) is 4.68. The Labute approximate surface area is 165 Å². The normalized spacial score (nSPS) is 16.1. The van der Waals surface area contributed by atoms with Gasteiger partial charge in [-0.1, -0.05) is 18.2 Å². The van der Waals surface area contributed by atoms with Crippen molar-refractivity contribution in [2.75, 3.05) is 13.7 Å². The fourth-order valence-electron chi connectivity index (χ4n) is 3.40. The van der Waals surface area contributed by atoms with Gasteiger partial charge in [0.1, 0.15) is 17.5 Å². The number of carbonyl (C=O) groups excluding carboxylic acids is 2. The number of carbonyl (C=O) groups is 2. The van der Waals surface area contributed by atoms with Crippen molar-refractivity contribution < 1.29 is 19.4 Å². The van der Waals surface area contributed by atoms with Crippen molar-refractivity contribution in [3.05, 3.63) is 59.2 Å². The topological polar surface area (TPSA) is 78.9 Å². The van der Waals surface area contributed by atoms with Gasteiger partial charge in [0.25, 0.3) is 5.91 Å². The lowest BCUT2D eigenvalue weighted by molar-refractivity contribution is -0.127. The molecule has 148 valence electrons. The molecule has 1 atom stereocenters. The summed E-state index contributed by atoms with van der Waals surface area (Å²) < 4.78 is 5.17. The third-order valence-corrected chi connectivity index (χ3v) is 4.68. The largest absolute Gasteiger partial charge is 0.508 e. The highest BCUT2D eigenvalue weighted by Gasteiger charge is 2.41. The summed E-state index contributed by atoms with van der Waals surface area (Å²) in [7, 11) is 1.61. The summed E-state index contributed by atoms with van der Waals surface area (Å²) >= 11 is 0. The zero-order valence-corrected chi connectivity index (χ0v) is 16.7. The highest BCUT2D eigenvalue weighted by molar-refractivity contribution is 6.05. The van der Waals surface area contributed by atoms with Crippen molar-refractivity contribution >= 4 is 11.8 Å². The summed E-state index contributed by atoms with van der Waals surface area (Å²) in [5.74, 6) is 0.318. The molecule has 0 aromatic heterocycles. The lowest BCUT2D eigenvalue weighted by Gasteiger charge is -2.29. The van der Waals surface area contributed by atoms with Crippen molar-refractivity contribution in [1.82, 2.24) is 10.2 Å². The molecule has 0 spiro atoms. The van der Waals surface area contributed by atoms with Gasteiger partial charge in [0.15, 0.2) is 0 Å². The Kier molecular flexibility index (Phi) is 5.31. The number of benzene rings is 2. The number of phenolic OH excluding ortho intramolecular Hbond substituents is 1. The Balaban J connectivity index is 1.86. The van der Waals surface area contributed by atoms with Gasteiger partial charge in [-0.25, -0.2) is 0 Å². The number of amides is 2. The summed E-state index contributed by atoms with van der Waals surface area (Å²) in [6, 6.07) is 11.5. The van der Waals surface area contributed by atoms with E-state index >= 15 is 0 Å². The number of fused-ring (bicyclic) bond motifs is 1. The molecule has 3 rings (SSSR count). The lowest BCUT2D eigenvalue weighted by atomic mass is 10.0. The molecule has 2 aromatic carbocycles. The minimum absolute atomic E-state index is 0.0130. The predicted octanol–water partition coefficient (Wildman–Crippen LogP) is 3.06. The molecule has 2 N–H and O–H groups in total. The van der Waals surface area contributed by atoms with Crippen LogP contribution in [0.5, 0.6) is 11.5 Å². The van der Waals surface area contributed by atoms with Gasteiger partial charge in [0, 0.05) is 17.6 Å². The highest BCUT2D eigenvalue weighted by atomic mass is 16.5. The van der Waals surface area contributed by atoms with Crippen molar-refractivity contribution in [1.29, 1.82) is 0 Å². The van der Waals surface area contributed by atoms with E-state index in [9.17, 15) is 14.7 Å². The van der Waals surface area contributed by atoms with E-state index in [2.05, 4.69) is 5.32 Å². The molecule has 28 heavy (non-hydrogen) atoms. The summed E-state index contributed by atoms with van der Waals surface area (Å²) in [6.07, 6.45) is 0.606. The molecule has 0 fully saturated rings. The van der Waals surface area contributed by atoms with E-state index in [1.165, 1.54) is 12.1 Å². The van der Waals surface area contributed by atoms with Crippen LogP contribution in [0.2, 0.25) is 0 Å². The van der Waals surface area contributed by atoms with Gasteiger partial charge in [-0.05, 0) is 62.6 Å². The van der Waals surface area contributed by atoms with Crippen LogP contribution in [-0.2, 0) is 11.2 Å². The molecule has 1 aliphatic heterocycles. The standard InChI is InChI=1S/C22H26N2O4/c1-22(2,3)23-20(26)19-17-10-7-15(25)13-18(17)21(27)24(19)12-11-14-5-8-16(28-4)9-6-14/h5-10,13,19,25H,11-12H2,1-4H3,(H,23,26). The van der Waals surface area contributed by atoms with Crippen molar-refractivity contribution in [2.24, 2.45) is 0 Å². The van der Waals surface area contributed by atoms with Crippen LogP contribution in [0.15, 0.2) is 42.5 Å². The zero-order chi connectivity index (χ0) is 20.5. The monoisotopic (exact) mass is 382 g/mol. The second-order valence-corrected chi connectivity index (χ2v) is 8.01. The van der Waals surface area contributed by atoms with E-state index in [4.69, 9.17) is 4.74 Å². The molecule has 0 radical (unpaired) electrons. The summed E-state index contributed by atoms with van der Waals surface area (Å²) in [5, 5.41) is 12.8. The number of nitrogens with zero attached hydrogens (tertiary/aromatic N) is 1. The second kappa shape index (κ2) is 7.54. The minimum Gasteiger partial charge on any atom is -0.508 e. The van der Waals surface area contributed by atoms with Crippen LogP contribution in [0, 0.1) is 0 Å². The fraction of sp³-hybridized carbons (Fsp3) is 0.364. The molecule has 6 nitrogen and oxygen atoms in total. The summed E-state index contributed by atoms with van der Waals surface area (Å²) in [6.45, 7) is 6.10. The van der Waals surface area contributed by atoms with Gasteiger partial charge in [-0.2, -0.15) is 0 Å². The quantitative estimate of drug-likeness (QED) is 0.833. The van der Waals surface area contributed by atoms with Crippen LogP contribution in [0.25, 0.3) is 0 Å². The van der Waals surface area contributed by atoms with E-state index in [-0.39, 0.29) is 17.6 Å². The first-order valence-electron chi connectivity index (χ1n) is 9.28. The Morgan fingerprint density at radius 1 is 1.18 bits per heavy atom. The molecular weight excluding hydrogens is 356 g/mol. The van der Waals surface area contributed by atoms with Gasteiger partial charge in [-0.3, -0.25) is 9.59 Å². The predicted molar refractivity (Wildman–Crippen MR) is 106 cm³/mol. The maximum atomic E-state index is 13.0. The first-order chi connectivity index (χ1) is 13.2. The fourth-order valence-corrected chi connectivity index (χ4v) is 3.40. The average Bonchev–Trinajstić information content (AvgIpc) is 2.91. The van der Waals surface area contributed by atoms with Crippen molar-refractivity contribution in [3.8, 4) is 11.5 Å². The smallest absolute Gasteiger partial charge is 0.255 e. The Hall–Kier alpha value is -3.02. The molecule has 1 heterocycles.